The van der Waals surface area contributed by atoms with Gasteiger partial charge in [-0.25, -0.2) is 9.78 Å². The van der Waals surface area contributed by atoms with Gasteiger partial charge in [0, 0.05) is 16.0 Å². The van der Waals surface area contributed by atoms with E-state index in [2.05, 4.69) is 10.3 Å². The molecule has 1 amide bonds. The molecule has 5 nitrogen and oxygen atoms in total. The van der Waals surface area contributed by atoms with E-state index in [9.17, 15) is 9.59 Å². The van der Waals surface area contributed by atoms with E-state index in [1.165, 1.54) is 0 Å². The number of aromatic nitrogens is 1. The highest BCUT2D eigenvalue weighted by Gasteiger charge is 2.20. The first kappa shape index (κ1) is 24.2. The smallest absolute Gasteiger partial charge is 0.339 e. The molecule has 1 heterocycles. The topological polar surface area (TPSA) is 68.3 Å². The zero-order chi connectivity index (χ0) is 25.6. The molecule has 1 N–H and O–H groups in total. The zero-order valence-corrected chi connectivity index (χ0v) is 20.6. The number of hydrogen-bond donors (Lipinski definition) is 1. The van der Waals surface area contributed by atoms with Crippen LogP contribution < -0.4 is 5.32 Å². The van der Waals surface area contributed by atoms with Crippen LogP contribution in [0, 0.1) is 0 Å². The minimum Gasteiger partial charge on any atom is -0.452 e. The lowest BCUT2D eigenvalue weighted by atomic mass is 9.99. The summed E-state index contributed by atoms with van der Waals surface area (Å²) in [5.74, 6) is -0.998. The molecular formula is C31H23ClN2O3. The van der Waals surface area contributed by atoms with E-state index in [0.717, 1.165) is 16.7 Å². The first-order valence-corrected chi connectivity index (χ1v) is 12.2. The Morgan fingerprint density at radius 3 is 2.03 bits per heavy atom. The number of hydrogen-bond acceptors (Lipinski definition) is 4. The Morgan fingerprint density at radius 1 is 0.784 bits per heavy atom. The van der Waals surface area contributed by atoms with E-state index in [4.69, 9.17) is 16.3 Å². The van der Waals surface area contributed by atoms with E-state index in [1.807, 2.05) is 97.1 Å². The van der Waals surface area contributed by atoms with Gasteiger partial charge in [-0.15, -0.1) is 0 Å². The molecular weight excluding hydrogens is 484 g/mol. The monoisotopic (exact) mass is 506 g/mol. The van der Waals surface area contributed by atoms with Crippen LogP contribution in [0.5, 0.6) is 0 Å². The van der Waals surface area contributed by atoms with Gasteiger partial charge in [-0.05, 0) is 35.4 Å². The lowest BCUT2D eigenvalue weighted by molar-refractivity contribution is -0.124. The van der Waals surface area contributed by atoms with Crippen molar-refractivity contribution in [1.29, 1.82) is 0 Å². The van der Waals surface area contributed by atoms with Gasteiger partial charge in [-0.1, -0.05) is 103 Å². The van der Waals surface area contributed by atoms with Crippen molar-refractivity contribution in [2.75, 3.05) is 6.61 Å². The fourth-order valence-corrected chi connectivity index (χ4v) is 4.30. The average molecular weight is 507 g/mol. The van der Waals surface area contributed by atoms with Crippen LogP contribution in [0.25, 0.3) is 22.2 Å². The number of carbonyl (C=O) groups excluding carboxylic acids is 2. The van der Waals surface area contributed by atoms with E-state index >= 15 is 0 Å². The molecule has 4 aromatic carbocycles. The summed E-state index contributed by atoms with van der Waals surface area (Å²) in [7, 11) is 0. The van der Waals surface area contributed by atoms with Crippen molar-refractivity contribution in [3.8, 4) is 11.3 Å². The second kappa shape index (κ2) is 11.1. The second-order valence-electron chi connectivity index (χ2n) is 8.48. The average Bonchev–Trinajstić information content (AvgIpc) is 2.95. The molecule has 0 bridgehead atoms. The number of ether oxygens (including phenoxy) is 1. The van der Waals surface area contributed by atoms with Crippen LogP contribution in [0.1, 0.15) is 27.5 Å². The van der Waals surface area contributed by atoms with E-state index in [1.54, 1.807) is 18.2 Å². The normalized spacial score (nSPS) is 10.9. The van der Waals surface area contributed by atoms with Gasteiger partial charge in [-0.2, -0.15) is 0 Å². The molecule has 1 aromatic heterocycles. The van der Waals surface area contributed by atoms with Gasteiger partial charge in [0.05, 0.1) is 22.8 Å². The summed E-state index contributed by atoms with van der Waals surface area (Å²) < 4.78 is 5.48. The first-order valence-electron chi connectivity index (χ1n) is 11.8. The lowest BCUT2D eigenvalue weighted by Crippen LogP contribution is -2.33. The highest BCUT2D eigenvalue weighted by Crippen LogP contribution is 2.27. The number of rotatable bonds is 7. The number of amides is 1. The minimum absolute atomic E-state index is 0.339. The number of benzene rings is 4. The van der Waals surface area contributed by atoms with Crippen LogP contribution in [-0.2, 0) is 9.53 Å². The highest BCUT2D eigenvalue weighted by molar-refractivity contribution is 6.30. The standard InChI is InChI=1S/C31H23ClN2O3/c32-24-17-15-21(16-18-24)28-19-26(25-13-7-8-14-27(25)33-28)31(36)37-20-29(35)34-30(22-9-3-1-4-10-22)23-11-5-2-6-12-23/h1-19,30H,20H2,(H,34,35). The van der Waals surface area contributed by atoms with Gasteiger partial charge in [0.2, 0.25) is 0 Å². The first-order chi connectivity index (χ1) is 18.1. The zero-order valence-electron chi connectivity index (χ0n) is 19.8. The van der Waals surface area contributed by atoms with Crippen molar-refractivity contribution in [1.82, 2.24) is 10.3 Å². The van der Waals surface area contributed by atoms with Crippen LogP contribution in [0.2, 0.25) is 5.02 Å². The maximum Gasteiger partial charge on any atom is 0.339 e. The summed E-state index contributed by atoms with van der Waals surface area (Å²) in [6.07, 6.45) is 0. The van der Waals surface area contributed by atoms with Crippen LogP contribution in [0.3, 0.4) is 0 Å². The predicted molar refractivity (Wildman–Crippen MR) is 145 cm³/mol. The van der Waals surface area contributed by atoms with Crippen LogP contribution >= 0.6 is 11.6 Å². The maximum absolute atomic E-state index is 13.2. The summed E-state index contributed by atoms with van der Waals surface area (Å²) in [4.78, 5) is 30.8. The quantitative estimate of drug-likeness (QED) is 0.252. The summed E-state index contributed by atoms with van der Waals surface area (Å²) in [5.41, 5.74) is 4.28. The Morgan fingerprint density at radius 2 is 1.38 bits per heavy atom. The van der Waals surface area contributed by atoms with Gasteiger partial charge < -0.3 is 10.1 Å². The molecule has 0 spiro atoms. The molecule has 0 radical (unpaired) electrons. The summed E-state index contributed by atoms with van der Waals surface area (Å²) in [6, 6.07) is 35.2. The molecule has 0 atom stereocenters. The van der Waals surface area contributed by atoms with Gasteiger partial charge in [-0.3, -0.25) is 4.79 Å². The highest BCUT2D eigenvalue weighted by atomic mass is 35.5. The molecule has 0 aliphatic rings. The van der Waals surface area contributed by atoms with Crippen molar-refractivity contribution < 1.29 is 14.3 Å². The third kappa shape index (κ3) is 5.68. The minimum atomic E-state index is -0.597. The van der Waals surface area contributed by atoms with Crippen molar-refractivity contribution >= 4 is 34.4 Å². The third-order valence-electron chi connectivity index (χ3n) is 5.98. The molecule has 5 rings (SSSR count). The lowest BCUT2D eigenvalue weighted by Gasteiger charge is -2.20. The molecule has 0 fully saturated rings. The van der Waals surface area contributed by atoms with Crippen LogP contribution in [0.15, 0.2) is 115 Å². The van der Waals surface area contributed by atoms with Gasteiger partial charge >= 0.3 is 5.97 Å². The summed E-state index contributed by atoms with van der Waals surface area (Å²) in [6.45, 7) is -0.415. The summed E-state index contributed by atoms with van der Waals surface area (Å²) in [5, 5.41) is 4.26. The van der Waals surface area contributed by atoms with Gasteiger partial charge in [0.25, 0.3) is 5.91 Å². The van der Waals surface area contributed by atoms with Crippen molar-refractivity contribution in [3.05, 3.63) is 137 Å². The number of esters is 1. The third-order valence-corrected chi connectivity index (χ3v) is 6.23. The van der Waals surface area contributed by atoms with Gasteiger partial charge in [0.1, 0.15) is 0 Å². The van der Waals surface area contributed by atoms with Crippen molar-refractivity contribution in [3.63, 3.8) is 0 Å². The van der Waals surface area contributed by atoms with Crippen LogP contribution in [-0.4, -0.2) is 23.5 Å². The van der Waals surface area contributed by atoms with Gasteiger partial charge in [0.15, 0.2) is 6.61 Å². The number of pyridine rings is 1. The number of para-hydroxylation sites is 1. The predicted octanol–water partition coefficient (Wildman–Crippen LogP) is 6.62. The van der Waals surface area contributed by atoms with E-state index in [-0.39, 0.29) is 6.04 Å². The number of fused-ring (bicyclic) bond motifs is 1. The summed E-state index contributed by atoms with van der Waals surface area (Å²) >= 11 is 6.03. The molecule has 0 unspecified atom stereocenters. The molecule has 37 heavy (non-hydrogen) atoms. The number of nitrogens with zero attached hydrogens (tertiary/aromatic N) is 1. The molecule has 182 valence electrons. The van der Waals surface area contributed by atoms with Crippen molar-refractivity contribution in [2.45, 2.75) is 6.04 Å². The Labute approximate surface area is 219 Å². The number of carbonyl (C=O) groups is 2. The molecule has 0 aliphatic heterocycles. The SMILES string of the molecule is O=C(COC(=O)c1cc(-c2ccc(Cl)cc2)nc2ccccc12)NC(c1ccccc1)c1ccccc1. The molecule has 0 saturated heterocycles. The van der Waals surface area contributed by atoms with E-state index in [0.29, 0.717) is 27.2 Å². The fourth-order valence-electron chi connectivity index (χ4n) is 4.17. The second-order valence-corrected chi connectivity index (χ2v) is 8.91. The fraction of sp³-hybridized carbons (Fsp3) is 0.0645. The Bertz CT molecular complexity index is 1500. The maximum atomic E-state index is 13.2. The Kier molecular flexibility index (Phi) is 7.24. The largest absolute Gasteiger partial charge is 0.452 e. The van der Waals surface area contributed by atoms with E-state index < -0.39 is 18.5 Å². The molecule has 0 saturated carbocycles. The number of nitrogens with one attached hydrogen (secondary N) is 1. The molecule has 0 aliphatic carbocycles. The van der Waals surface area contributed by atoms with Crippen molar-refractivity contribution in [2.24, 2.45) is 0 Å². The van der Waals surface area contributed by atoms with Crippen LogP contribution in [0.4, 0.5) is 0 Å². The molecule has 6 heteroatoms. The molecule has 5 aromatic rings. The number of halogens is 1. The Hall–Kier alpha value is -4.48. The Balaban J connectivity index is 1.36.